The molecule has 0 heterocycles. The van der Waals surface area contributed by atoms with Crippen molar-refractivity contribution in [3.05, 3.63) is 84.4 Å². The van der Waals surface area contributed by atoms with Crippen molar-refractivity contribution in [3.63, 3.8) is 0 Å². The van der Waals surface area contributed by atoms with Gasteiger partial charge in [-0.1, -0.05) is 60.7 Å². The predicted octanol–water partition coefficient (Wildman–Crippen LogP) is 5.45. The van der Waals surface area contributed by atoms with E-state index in [1.54, 1.807) is 6.21 Å². The highest BCUT2D eigenvalue weighted by molar-refractivity contribution is 6.12. The van der Waals surface area contributed by atoms with Crippen LogP contribution in [0.5, 0.6) is 5.75 Å². The van der Waals surface area contributed by atoms with Gasteiger partial charge in [0.15, 0.2) is 0 Å². The van der Waals surface area contributed by atoms with Crippen molar-refractivity contribution >= 4 is 33.4 Å². The lowest BCUT2D eigenvalue weighted by Crippen LogP contribution is -1.86. The van der Waals surface area contributed by atoms with Crippen LogP contribution in [0.25, 0.3) is 21.5 Å². The van der Waals surface area contributed by atoms with Crippen LogP contribution in [0, 0.1) is 0 Å². The maximum Gasteiger partial charge on any atom is 0.132 e. The highest BCUT2D eigenvalue weighted by Gasteiger charge is 2.08. The molecule has 0 saturated heterocycles. The predicted molar refractivity (Wildman–Crippen MR) is 96.8 cm³/mol. The monoisotopic (exact) mass is 297 g/mol. The molecule has 4 rings (SSSR count). The minimum Gasteiger partial charge on any atom is -0.507 e. The Bertz CT molecular complexity index is 1020. The molecule has 0 saturated carbocycles. The molecule has 0 spiro atoms. The van der Waals surface area contributed by atoms with E-state index in [2.05, 4.69) is 17.1 Å². The van der Waals surface area contributed by atoms with Crippen LogP contribution < -0.4 is 0 Å². The van der Waals surface area contributed by atoms with E-state index >= 15 is 0 Å². The molecule has 23 heavy (non-hydrogen) atoms. The Kier molecular flexibility index (Phi) is 3.28. The number of rotatable bonds is 2. The Morgan fingerprint density at radius 3 is 2.26 bits per heavy atom. The molecule has 4 aromatic carbocycles. The third-order valence-electron chi connectivity index (χ3n) is 4.02. The van der Waals surface area contributed by atoms with E-state index in [1.807, 2.05) is 66.7 Å². The molecule has 2 heteroatoms. The highest BCUT2D eigenvalue weighted by atomic mass is 16.3. The molecule has 1 N–H and O–H groups in total. The number of hydrogen-bond acceptors (Lipinski definition) is 2. The molecule has 0 amide bonds. The summed E-state index contributed by atoms with van der Waals surface area (Å²) in [6.07, 6.45) is 1.71. The number of fused-ring (bicyclic) bond motifs is 3. The molecule has 0 fully saturated rings. The Morgan fingerprint density at radius 1 is 0.696 bits per heavy atom. The molecule has 0 bridgehead atoms. The van der Waals surface area contributed by atoms with Crippen LogP contribution in [0.2, 0.25) is 0 Å². The summed E-state index contributed by atoms with van der Waals surface area (Å²) in [6.45, 7) is 0. The third-order valence-corrected chi connectivity index (χ3v) is 4.02. The van der Waals surface area contributed by atoms with Gasteiger partial charge in [-0.2, -0.15) is 0 Å². The van der Waals surface area contributed by atoms with E-state index in [4.69, 9.17) is 0 Å². The van der Waals surface area contributed by atoms with Gasteiger partial charge in [0.05, 0.1) is 5.69 Å². The molecule has 0 radical (unpaired) electrons. The van der Waals surface area contributed by atoms with Crippen molar-refractivity contribution in [2.45, 2.75) is 0 Å². The lowest BCUT2D eigenvalue weighted by Gasteiger charge is -2.08. The van der Waals surface area contributed by atoms with E-state index in [0.29, 0.717) is 0 Å². The van der Waals surface area contributed by atoms with Crippen LogP contribution in [0.3, 0.4) is 0 Å². The summed E-state index contributed by atoms with van der Waals surface area (Å²) < 4.78 is 0. The van der Waals surface area contributed by atoms with Gasteiger partial charge in [-0.15, -0.1) is 0 Å². The second-order valence-corrected chi connectivity index (χ2v) is 5.48. The summed E-state index contributed by atoms with van der Waals surface area (Å²) in [5, 5.41) is 14.8. The minimum atomic E-state index is 0.277. The standard InChI is InChI=1S/C21H15NO/c23-21-17(14-22-18-7-2-1-3-8-18)13-12-16-11-10-15-6-4-5-9-19(15)20(16)21/h1-14,23H. The Morgan fingerprint density at radius 2 is 1.39 bits per heavy atom. The average molecular weight is 297 g/mol. The molecule has 4 aromatic rings. The number of hydrogen-bond donors (Lipinski definition) is 1. The maximum absolute atomic E-state index is 10.7. The van der Waals surface area contributed by atoms with Crippen molar-refractivity contribution in [3.8, 4) is 5.75 Å². The molecule has 0 aromatic heterocycles. The molecule has 0 aliphatic carbocycles. The van der Waals surface area contributed by atoms with Gasteiger partial charge in [0.2, 0.25) is 0 Å². The van der Waals surface area contributed by atoms with Crippen molar-refractivity contribution in [2.75, 3.05) is 0 Å². The highest BCUT2D eigenvalue weighted by Crippen LogP contribution is 2.34. The number of aliphatic imine (C=N–C) groups is 1. The van der Waals surface area contributed by atoms with Crippen LogP contribution in [-0.4, -0.2) is 11.3 Å². The van der Waals surface area contributed by atoms with E-state index in [1.165, 1.54) is 0 Å². The van der Waals surface area contributed by atoms with Crippen molar-refractivity contribution in [2.24, 2.45) is 4.99 Å². The summed E-state index contributed by atoms with van der Waals surface area (Å²) in [6, 6.07) is 25.8. The Labute approximate surface area is 134 Å². The van der Waals surface area contributed by atoms with Crippen LogP contribution in [0.4, 0.5) is 5.69 Å². The molecule has 0 atom stereocenters. The number of aromatic hydroxyl groups is 1. The second-order valence-electron chi connectivity index (χ2n) is 5.48. The minimum absolute atomic E-state index is 0.277. The Balaban J connectivity index is 1.90. The smallest absolute Gasteiger partial charge is 0.132 e. The topological polar surface area (TPSA) is 32.6 Å². The fourth-order valence-corrected chi connectivity index (χ4v) is 2.86. The lowest BCUT2D eigenvalue weighted by molar-refractivity contribution is 0.481. The Hall–Kier alpha value is -3.13. The summed E-state index contributed by atoms with van der Waals surface area (Å²) in [5.74, 6) is 0.277. The zero-order chi connectivity index (χ0) is 15.6. The van der Waals surface area contributed by atoms with E-state index in [9.17, 15) is 5.11 Å². The van der Waals surface area contributed by atoms with Crippen LogP contribution >= 0.6 is 0 Å². The van der Waals surface area contributed by atoms with Crippen LogP contribution in [0.15, 0.2) is 83.9 Å². The van der Waals surface area contributed by atoms with Gasteiger partial charge >= 0.3 is 0 Å². The fourth-order valence-electron chi connectivity index (χ4n) is 2.86. The van der Waals surface area contributed by atoms with Gasteiger partial charge in [-0.25, -0.2) is 0 Å². The first-order valence-corrected chi connectivity index (χ1v) is 7.55. The summed E-state index contributed by atoms with van der Waals surface area (Å²) in [7, 11) is 0. The van der Waals surface area contributed by atoms with Gasteiger partial charge in [0.25, 0.3) is 0 Å². The summed E-state index contributed by atoms with van der Waals surface area (Å²) >= 11 is 0. The first kappa shape index (κ1) is 13.5. The quantitative estimate of drug-likeness (QED) is 0.387. The molecule has 0 unspecified atom stereocenters. The molecule has 0 aliphatic rings. The van der Waals surface area contributed by atoms with Gasteiger partial charge in [0, 0.05) is 17.2 Å². The zero-order valence-electron chi connectivity index (χ0n) is 12.5. The van der Waals surface area contributed by atoms with E-state index in [0.717, 1.165) is 32.8 Å². The average Bonchev–Trinajstić information content (AvgIpc) is 2.61. The molecule has 2 nitrogen and oxygen atoms in total. The first-order chi connectivity index (χ1) is 11.3. The SMILES string of the molecule is Oc1c(C=Nc2ccccc2)ccc2ccc3ccccc3c12. The van der Waals surface area contributed by atoms with Crippen molar-refractivity contribution < 1.29 is 5.11 Å². The number of phenolic OH excluding ortho intramolecular Hbond substituents is 1. The van der Waals surface area contributed by atoms with Gasteiger partial charge in [-0.05, 0) is 34.4 Å². The van der Waals surface area contributed by atoms with Gasteiger partial charge in [-0.3, -0.25) is 4.99 Å². The van der Waals surface area contributed by atoms with Gasteiger partial charge < -0.3 is 5.11 Å². The molecular weight excluding hydrogens is 282 g/mol. The molecular formula is C21H15NO. The van der Waals surface area contributed by atoms with Crippen molar-refractivity contribution in [1.82, 2.24) is 0 Å². The fraction of sp³-hybridized carbons (Fsp3) is 0. The maximum atomic E-state index is 10.7. The number of phenols is 1. The molecule has 0 aliphatic heterocycles. The van der Waals surface area contributed by atoms with Crippen molar-refractivity contribution in [1.29, 1.82) is 0 Å². The number of nitrogens with zero attached hydrogens (tertiary/aromatic N) is 1. The number of para-hydroxylation sites is 1. The second kappa shape index (κ2) is 5.58. The third kappa shape index (κ3) is 2.44. The lowest BCUT2D eigenvalue weighted by atomic mass is 9.99. The van der Waals surface area contributed by atoms with Crippen LogP contribution in [0.1, 0.15) is 5.56 Å². The van der Waals surface area contributed by atoms with E-state index < -0.39 is 0 Å². The normalized spacial score (nSPS) is 11.5. The van der Waals surface area contributed by atoms with E-state index in [-0.39, 0.29) is 5.75 Å². The first-order valence-electron chi connectivity index (χ1n) is 7.55. The van der Waals surface area contributed by atoms with Gasteiger partial charge in [0.1, 0.15) is 5.75 Å². The molecule has 110 valence electrons. The van der Waals surface area contributed by atoms with Crippen LogP contribution in [-0.2, 0) is 0 Å². The largest absolute Gasteiger partial charge is 0.507 e. The zero-order valence-corrected chi connectivity index (χ0v) is 12.5. The number of benzene rings is 4. The summed E-state index contributed by atoms with van der Waals surface area (Å²) in [4.78, 5) is 4.44. The summed E-state index contributed by atoms with van der Waals surface area (Å²) in [5.41, 5.74) is 1.59.